The second-order valence-electron chi connectivity index (χ2n) is 5.96. The van der Waals surface area contributed by atoms with Gasteiger partial charge in [0.25, 0.3) is 5.78 Å². The molecule has 0 fully saturated rings. The molecule has 0 amide bonds. The molecular formula is C19H15F2N5. The molecule has 0 radical (unpaired) electrons. The largest absolute Gasteiger partial charge is 0.340 e. The molecule has 0 atom stereocenters. The summed E-state index contributed by atoms with van der Waals surface area (Å²) in [7, 11) is 0. The zero-order valence-electron chi connectivity index (χ0n) is 13.9. The quantitative estimate of drug-likeness (QED) is 0.603. The summed E-state index contributed by atoms with van der Waals surface area (Å²) < 4.78 is 28.0. The SMILES string of the molecule is Cc1cc(Nc2ccc(F)cc2)n2nc(Cc3cccc(F)c3)nc2n1. The molecule has 26 heavy (non-hydrogen) atoms. The molecule has 130 valence electrons. The van der Waals surface area contributed by atoms with E-state index in [0.717, 1.165) is 16.9 Å². The van der Waals surface area contributed by atoms with Crippen molar-refractivity contribution in [2.75, 3.05) is 5.32 Å². The van der Waals surface area contributed by atoms with Gasteiger partial charge in [0.15, 0.2) is 5.82 Å². The summed E-state index contributed by atoms with van der Waals surface area (Å²) in [6.07, 6.45) is 0.399. The number of nitrogens with zero attached hydrogens (tertiary/aromatic N) is 4. The molecule has 0 bridgehead atoms. The van der Waals surface area contributed by atoms with Crippen molar-refractivity contribution >= 4 is 17.3 Å². The topological polar surface area (TPSA) is 55.1 Å². The van der Waals surface area contributed by atoms with E-state index in [9.17, 15) is 8.78 Å². The van der Waals surface area contributed by atoms with Crippen molar-refractivity contribution in [3.05, 3.63) is 83.3 Å². The zero-order valence-corrected chi connectivity index (χ0v) is 13.9. The number of benzene rings is 2. The molecule has 2 aromatic carbocycles. The average molecular weight is 351 g/mol. The molecule has 5 nitrogen and oxygen atoms in total. The van der Waals surface area contributed by atoms with E-state index < -0.39 is 0 Å². The minimum Gasteiger partial charge on any atom is -0.340 e. The van der Waals surface area contributed by atoms with Gasteiger partial charge in [0.05, 0.1) is 0 Å². The van der Waals surface area contributed by atoms with Gasteiger partial charge in [-0.15, -0.1) is 5.10 Å². The molecule has 0 unspecified atom stereocenters. The van der Waals surface area contributed by atoms with Crippen LogP contribution in [-0.4, -0.2) is 19.6 Å². The van der Waals surface area contributed by atoms with Gasteiger partial charge in [0.2, 0.25) is 0 Å². The number of anilines is 2. The van der Waals surface area contributed by atoms with Crippen LogP contribution in [0.4, 0.5) is 20.3 Å². The summed E-state index contributed by atoms with van der Waals surface area (Å²) in [4.78, 5) is 8.82. The van der Waals surface area contributed by atoms with Crippen LogP contribution >= 0.6 is 0 Å². The molecule has 0 saturated heterocycles. The van der Waals surface area contributed by atoms with Crippen LogP contribution in [0.5, 0.6) is 0 Å². The molecule has 0 spiro atoms. The zero-order chi connectivity index (χ0) is 18.1. The van der Waals surface area contributed by atoms with Gasteiger partial charge in [-0.3, -0.25) is 0 Å². The van der Waals surface area contributed by atoms with Crippen molar-refractivity contribution in [2.24, 2.45) is 0 Å². The summed E-state index contributed by atoms with van der Waals surface area (Å²) in [5.41, 5.74) is 2.28. The van der Waals surface area contributed by atoms with E-state index in [-0.39, 0.29) is 11.6 Å². The molecule has 2 aromatic heterocycles. The van der Waals surface area contributed by atoms with Crippen LogP contribution in [0.25, 0.3) is 5.78 Å². The smallest absolute Gasteiger partial charge is 0.254 e. The lowest BCUT2D eigenvalue weighted by atomic mass is 10.1. The van der Waals surface area contributed by atoms with Crippen molar-refractivity contribution in [3.8, 4) is 0 Å². The van der Waals surface area contributed by atoms with Crippen molar-refractivity contribution in [2.45, 2.75) is 13.3 Å². The predicted molar refractivity (Wildman–Crippen MR) is 94.4 cm³/mol. The third kappa shape index (κ3) is 3.37. The molecule has 0 aliphatic heterocycles. The molecule has 4 rings (SSSR count). The number of hydrogen-bond acceptors (Lipinski definition) is 4. The van der Waals surface area contributed by atoms with Crippen LogP contribution in [0.3, 0.4) is 0 Å². The molecule has 0 aliphatic carbocycles. The lowest BCUT2D eigenvalue weighted by Gasteiger charge is -2.08. The number of halogens is 2. The minimum absolute atomic E-state index is 0.293. The standard InChI is InChI=1S/C19H15F2N5/c1-12-9-18(23-16-7-5-14(20)6-8-16)26-19(22-12)24-17(25-26)11-13-3-2-4-15(21)10-13/h2-10,23H,11H2,1H3. The normalized spacial score (nSPS) is 11.0. The van der Waals surface area contributed by atoms with E-state index in [0.29, 0.717) is 23.8 Å². The van der Waals surface area contributed by atoms with E-state index in [1.54, 1.807) is 22.7 Å². The van der Waals surface area contributed by atoms with Crippen molar-refractivity contribution in [3.63, 3.8) is 0 Å². The van der Waals surface area contributed by atoms with Crippen LogP contribution in [-0.2, 0) is 6.42 Å². The summed E-state index contributed by atoms with van der Waals surface area (Å²) in [6.45, 7) is 1.86. The Kier molecular flexibility index (Phi) is 4.04. The fraction of sp³-hybridized carbons (Fsp3) is 0.105. The maximum Gasteiger partial charge on any atom is 0.254 e. The van der Waals surface area contributed by atoms with E-state index >= 15 is 0 Å². The van der Waals surface area contributed by atoms with Crippen LogP contribution in [0.15, 0.2) is 54.6 Å². The highest BCUT2D eigenvalue weighted by Gasteiger charge is 2.11. The molecule has 7 heteroatoms. The van der Waals surface area contributed by atoms with Gasteiger partial charge in [0, 0.05) is 23.9 Å². The highest BCUT2D eigenvalue weighted by atomic mass is 19.1. The van der Waals surface area contributed by atoms with E-state index in [1.807, 2.05) is 19.1 Å². The maximum absolute atomic E-state index is 13.4. The first-order valence-electron chi connectivity index (χ1n) is 8.07. The van der Waals surface area contributed by atoms with E-state index in [1.165, 1.54) is 24.3 Å². The summed E-state index contributed by atoms with van der Waals surface area (Å²) in [5, 5.41) is 7.67. The summed E-state index contributed by atoms with van der Waals surface area (Å²) in [5.74, 6) is 1.05. The fourth-order valence-electron chi connectivity index (χ4n) is 2.70. The molecular weight excluding hydrogens is 336 g/mol. The van der Waals surface area contributed by atoms with Gasteiger partial charge in [-0.05, 0) is 48.9 Å². The van der Waals surface area contributed by atoms with Gasteiger partial charge in [0.1, 0.15) is 17.5 Å². The Morgan fingerprint density at radius 1 is 0.962 bits per heavy atom. The fourth-order valence-corrected chi connectivity index (χ4v) is 2.70. The first-order chi connectivity index (χ1) is 12.6. The molecule has 0 saturated carbocycles. The summed E-state index contributed by atoms with van der Waals surface area (Å²) >= 11 is 0. The Morgan fingerprint density at radius 3 is 2.54 bits per heavy atom. The first kappa shape index (κ1) is 16.1. The van der Waals surface area contributed by atoms with Crippen molar-refractivity contribution < 1.29 is 8.78 Å². The van der Waals surface area contributed by atoms with Crippen LogP contribution < -0.4 is 5.32 Å². The second-order valence-corrected chi connectivity index (χ2v) is 5.96. The molecule has 4 aromatic rings. The number of hydrogen-bond donors (Lipinski definition) is 1. The average Bonchev–Trinajstić information content (AvgIpc) is 2.99. The Hall–Kier alpha value is -3.35. The van der Waals surface area contributed by atoms with Crippen LogP contribution in [0, 0.1) is 18.6 Å². The van der Waals surface area contributed by atoms with Gasteiger partial charge in [-0.2, -0.15) is 9.50 Å². The first-order valence-corrected chi connectivity index (χ1v) is 8.07. The predicted octanol–water partition coefficient (Wildman–Crippen LogP) is 4.05. The van der Waals surface area contributed by atoms with Gasteiger partial charge in [-0.25, -0.2) is 13.8 Å². The van der Waals surface area contributed by atoms with Crippen LogP contribution in [0.1, 0.15) is 17.1 Å². The van der Waals surface area contributed by atoms with Crippen molar-refractivity contribution in [1.82, 2.24) is 19.6 Å². The van der Waals surface area contributed by atoms with Crippen molar-refractivity contribution in [1.29, 1.82) is 0 Å². The van der Waals surface area contributed by atoms with E-state index in [4.69, 9.17) is 0 Å². The van der Waals surface area contributed by atoms with E-state index in [2.05, 4.69) is 20.4 Å². The molecule has 0 aliphatic rings. The number of rotatable bonds is 4. The number of nitrogens with one attached hydrogen (secondary N) is 1. The number of fused-ring (bicyclic) bond motifs is 1. The third-order valence-corrected chi connectivity index (χ3v) is 3.85. The Morgan fingerprint density at radius 2 is 1.77 bits per heavy atom. The monoisotopic (exact) mass is 351 g/mol. The molecule has 2 heterocycles. The minimum atomic E-state index is -0.301. The lowest BCUT2D eigenvalue weighted by molar-refractivity contribution is 0.625. The summed E-state index contributed by atoms with van der Waals surface area (Å²) in [6, 6.07) is 14.2. The second kappa shape index (κ2) is 6.51. The van der Waals surface area contributed by atoms with Crippen LogP contribution in [0.2, 0.25) is 0 Å². The number of aromatic nitrogens is 4. The maximum atomic E-state index is 13.4. The van der Waals surface area contributed by atoms with Gasteiger partial charge < -0.3 is 5.32 Å². The van der Waals surface area contributed by atoms with Gasteiger partial charge in [-0.1, -0.05) is 12.1 Å². The van der Waals surface area contributed by atoms with Gasteiger partial charge >= 0.3 is 0 Å². The number of aryl methyl sites for hydroxylation is 1. The lowest BCUT2D eigenvalue weighted by Crippen LogP contribution is -2.03. The Bertz CT molecular complexity index is 1070. The highest BCUT2D eigenvalue weighted by molar-refractivity contribution is 5.58. The highest BCUT2D eigenvalue weighted by Crippen LogP contribution is 2.19. The Labute approximate surface area is 148 Å². The Balaban J connectivity index is 1.69. The molecule has 1 N–H and O–H groups in total. The third-order valence-electron chi connectivity index (χ3n) is 3.85.